The number of hydrogen-bond donors (Lipinski definition) is 1. The Balaban J connectivity index is 2.41. The van der Waals surface area contributed by atoms with Gasteiger partial charge in [-0.1, -0.05) is 29.3 Å². The van der Waals surface area contributed by atoms with E-state index < -0.39 is 10.0 Å². The van der Waals surface area contributed by atoms with E-state index >= 15 is 0 Å². The monoisotopic (exact) mass is 322 g/mol. The van der Waals surface area contributed by atoms with Gasteiger partial charge in [0.2, 0.25) is 10.0 Å². The van der Waals surface area contributed by atoms with Crippen LogP contribution in [0.4, 0.5) is 0 Å². The number of rotatable bonds is 5. The summed E-state index contributed by atoms with van der Waals surface area (Å²) in [4.78, 5) is -0.0417. The molecule has 0 bridgehead atoms. The molecule has 1 aliphatic carbocycles. The highest BCUT2D eigenvalue weighted by molar-refractivity contribution is 7.89. The van der Waals surface area contributed by atoms with Gasteiger partial charge in [0.25, 0.3) is 0 Å². The Morgan fingerprint density at radius 2 is 1.89 bits per heavy atom. The quantitative estimate of drug-likeness (QED) is 0.905. The highest BCUT2D eigenvalue weighted by Gasteiger charge is 2.39. The number of sulfonamides is 1. The first kappa shape index (κ1) is 15.1. The maximum Gasteiger partial charge on any atom is 0.246 e. The Morgan fingerprint density at radius 1 is 1.37 bits per heavy atom. The molecule has 1 fully saturated rings. The first-order valence-electron chi connectivity index (χ1n) is 6.01. The number of hydrogen-bond acceptors (Lipinski definition) is 3. The number of nitrogens with two attached hydrogens (primary N) is 1. The minimum atomic E-state index is -3.73. The number of likely N-dealkylation sites (N-methyl/N-ethyl adjacent to an activating group) is 1. The largest absolute Gasteiger partial charge is 0.329 e. The fourth-order valence-corrected chi connectivity index (χ4v) is 4.68. The van der Waals surface area contributed by atoms with Crippen LogP contribution in [0, 0.1) is 5.92 Å². The molecule has 0 radical (unpaired) electrons. The minimum absolute atomic E-state index is 0.0417. The van der Waals surface area contributed by atoms with Crippen LogP contribution in [0.25, 0.3) is 0 Å². The predicted molar refractivity (Wildman–Crippen MR) is 77.0 cm³/mol. The Morgan fingerprint density at radius 3 is 2.32 bits per heavy atom. The molecule has 0 aliphatic heterocycles. The lowest BCUT2D eigenvalue weighted by molar-refractivity contribution is 0.340. The van der Waals surface area contributed by atoms with Gasteiger partial charge in [-0.25, -0.2) is 8.42 Å². The van der Waals surface area contributed by atoms with Crippen LogP contribution in [0.1, 0.15) is 12.8 Å². The SMILES string of the molecule is CN(C(CN)C1CC1)S(=O)(=O)c1c(Cl)cccc1Cl. The second-order valence-electron chi connectivity index (χ2n) is 4.71. The molecule has 0 heterocycles. The van der Waals surface area contributed by atoms with Crippen LogP contribution < -0.4 is 5.73 Å². The van der Waals surface area contributed by atoms with Crippen LogP contribution >= 0.6 is 23.2 Å². The first-order chi connectivity index (χ1) is 8.89. The van der Waals surface area contributed by atoms with Crippen LogP contribution in [0.2, 0.25) is 10.0 Å². The van der Waals surface area contributed by atoms with E-state index in [2.05, 4.69) is 0 Å². The standard InChI is InChI=1S/C12H16Cl2N2O2S/c1-16(11(7-15)8-5-6-8)19(17,18)12-9(13)3-2-4-10(12)14/h2-4,8,11H,5-7,15H2,1H3. The van der Waals surface area contributed by atoms with Gasteiger partial charge in [0.05, 0.1) is 10.0 Å². The fourth-order valence-electron chi connectivity index (χ4n) is 2.17. The van der Waals surface area contributed by atoms with Gasteiger partial charge in [0.1, 0.15) is 4.90 Å². The summed E-state index contributed by atoms with van der Waals surface area (Å²) in [5.41, 5.74) is 5.69. The Kier molecular flexibility index (Phi) is 4.42. The van der Waals surface area contributed by atoms with Crippen molar-refractivity contribution in [2.24, 2.45) is 11.7 Å². The Hall–Kier alpha value is -0.330. The van der Waals surface area contributed by atoms with Gasteiger partial charge in [-0.2, -0.15) is 4.31 Å². The molecular weight excluding hydrogens is 307 g/mol. The normalized spacial score (nSPS) is 17.7. The molecule has 1 aromatic rings. The second-order valence-corrected chi connectivity index (χ2v) is 7.46. The van der Waals surface area contributed by atoms with Crippen molar-refractivity contribution in [3.8, 4) is 0 Å². The topological polar surface area (TPSA) is 63.4 Å². The molecule has 1 aliphatic rings. The third-order valence-corrected chi connectivity index (χ3v) is 6.27. The summed E-state index contributed by atoms with van der Waals surface area (Å²) in [6.45, 7) is 0.294. The zero-order chi connectivity index (χ0) is 14.2. The first-order valence-corrected chi connectivity index (χ1v) is 8.21. The maximum atomic E-state index is 12.6. The van der Waals surface area contributed by atoms with E-state index in [0.717, 1.165) is 12.8 Å². The zero-order valence-electron chi connectivity index (χ0n) is 10.5. The van der Waals surface area contributed by atoms with Crippen molar-refractivity contribution in [2.75, 3.05) is 13.6 Å². The lowest BCUT2D eigenvalue weighted by Gasteiger charge is -2.27. The zero-order valence-corrected chi connectivity index (χ0v) is 12.8. The van der Waals surface area contributed by atoms with Crippen molar-refractivity contribution in [1.29, 1.82) is 0 Å². The summed E-state index contributed by atoms with van der Waals surface area (Å²) in [6, 6.07) is 4.45. The smallest absolute Gasteiger partial charge is 0.246 e. The van der Waals surface area contributed by atoms with Crippen molar-refractivity contribution in [3.63, 3.8) is 0 Å². The van der Waals surface area contributed by atoms with Crippen LogP contribution in [0.15, 0.2) is 23.1 Å². The van der Waals surface area contributed by atoms with Crippen LogP contribution in [0.3, 0.4) is 0 Å². The second kappa shape index (κ2) is 5.58. The summed E-state index contributed by atoms with van der Waals surface area (Å²) in [5.74, 6) is 0.339. The van der Waals surface area contributed by atoms with E-state index in [1.165, 1.54) is 23.5 Å². The number of nitrogens with zero attached hydrogens (tertiary/aromatic N) is 1. The number of benzene rings is 1. The molecule has 106 valence electrons. The van der Waals surface area contributed by atoms with Gasteiger partial charge in [-0.3, -0.25) is 0 Å². The van der Waals surface area contributed by atoms with Crippen molar-refractivity contribution in [2.45, 2.75) is 23.8 Å². The van der Waals surface area contributed by atoms with Crippen LogP contribution in [-0.2, 0) is 10.0 Å². The average Bonchev–Trinajstić information content (AvgIpc) is 3.13. The molecule has 1 unspecified atom stereocenters. The molecule has 7 heteroatoms. The molecule has 1 saturated carbocycles. The van der Waals surface area contributed by atoms with Crippen molar-refractivity contribution in [3.05, 3.63) is 28.2 Å². The maximum absolute atomic E-state index is 12.6. The van der Waals surface area contributed by atoms with Gasteiger partial charge in [0.15, 0.2) is 0 Å². The molecule has 19 heavy (non-hydrogen) atoms. The lowest BCUT2D eigenvalue weighted by Crippen LogP contribution is -2.43. The van der Waals surface area contributed by atoms with E-state index in [1.54, 1.807) is 6.07 Å². The fraction of sp³-hybridized carbons (Fsp3) is 0.500. The third kappa shape index (κ3) is 2.90. The third-order valence-electron chi connectivity index (χ3n) is 3.43. The van der Waals surface area contributed by atoms with E-state index in [1.807, 2.05) is 0 Å². The summed E-state index contributed by atoms with van der Waals surface area (Å²) in [7, 11) is -2.19. The highest BCUT2D eigenvalue weighted by atomic mass is 35.5. The van der Waals surface area contributed by atoms with Gasteiger partial charge < -0.3 is 5.73 Å². The van der Waals surface area contributed by atoms with E-state index in [9.17, 15) is 8.42 Å². The van der Waals surface area contributed by atoms with Gasteiger partial charge in [0, 0.05) is 19.6 Å². The molecule has 2 rings (SSSR count). The van der Waals surface area contributed by atoms with Gasteiger partial charge in [-0.05, 0) is 30.9 Å². The molecule has 2 N–H and O–H groups in total. The predicted octanol–water partition coefficient (Wildman–Crippen LogP) is 2.35. The van der Waals surface area contributed by atoms with Gasteiger partial charge >= 0.3 is 0 Å². The van der Waals surface area contributed by atoms with Crippen LogP contribution in [-0.4, -0.2) is 32.4 Å². The average molecular weight is 323 g/mol. The van der Waals surface area contributed by atoms with Crippen molar-refractivity contribution in [1.82, 2.24) is 4.31 Å². The number of halogens is 2. The van der Waals surface area contributed by atoms with Crippen molar-refractivity contribution < 1.29 is 8.42 Å². The Bertz CT molecular complexity index is 553. The van der Waals surface area contributed by atoms with Crippen molar-refractivity contribution >= 4 is 33.2 Å². The van der Waals surface area contributed by atoms with Crippen LogP contribution in [0.5, 0.6) is 0 Å². The molecule has 0 aromatic heterocycles. The minimum Gasteiger partial charge on any atom is -0.329 e. The molecule has 1 atom stereocenters. The summed E-state index contributed by atoms with van der Waals surface area (Å²) in [5, 5.41) is 0.261. The summed E-state index contributed by atoms with van der Waals surface area (Å²) in [6.07, 6.45) is 2.02. The molecule has 0 saturated heterocycles. The molecular formula is C12H16Cl2N2O2S. The summed E-state index contributed by atoms with van der Waals surface area (Å²) >= 11 is 12.0. The Labute approximate surface area is 123 Å². The van der Waals surface area contributed by atoms with E-state index in [0.29, 0.717) is 12.5 Å². The molecule has 0 spiro atoms. The molecule has 1 aromatic carbocycles. The lowest BCUT2D eigenvalue weighted by atomic mass is 10.2. The van der Waals surface area contributed by atoms with E-state index in [4.69, 9.17) is 28.9 Å². The van der Waals surface area contributed by atoms with E-state index in [-0.39, 0.29) is 21.0 Å². The molecule has 4 nitrogen and oxygen atoms in total. The van der Waals surface area contributed by atoms with Gasteiger partial charge in [-0.15, -0.1) is 0 Å². The molecule has 0 amide bonds. The summed E-state index contributed by atoms with van der Waals surface area (Å²) < 4.78 is 26.5. The highest BCUT2D eigenvalue weighted by Crippen LogP contribution is 2.38.